The molecule has 2 heterocycles. The van der Waals surface area contributed by atoms with Crippen molar-refractivity contribution in [1.29, 1.82) is 0 Å². The third kappa shape index (κ3) is 2.95. The molecule has 1 saturated heterocycles. The number of carboxylic acids is 1. The predicted molar refractivity (Wildman–Crippen MR) is 47.4 cm³/mol. The molecule has 74 valence electrons. The smallest absolute Gasteiger partial charge is 0.550 e. The Morgan fingerprint density at radius 3 is 2.80 bits per heavy atom. The fraction of sp³-hybridized carbons (Fsp3) is 0.444. The minimum Gasteiger partial charge on any atom is -0.550 e. The summed E-state index contributed by atoms with van der Waals surface area (Å²) in [6.07, 6.45) is 3.45. The van der Waals surface area contributed by atoms with Crippen LogP contribution >= 0.6 is 0 Å². The maximum Gasteiger partial charge on any atom is 1.00 e. The molecule has 1 aromatic rings. The molecule has 6 heteroatoms. The second kappa shape index (κ2) is 5.15. The van der Waals surface area contributed by atoms with Gasteiger partial charge in [0.15, 0.2) is 0 Å². The van der Waals surface area contributed by atoms with Crippen LogP contribution in [0.5, 0.6) is 0 Å². The van der Waals surface area contributed by atoms with Crippen LogP contribution in [0.2, 0.25) is 0 Å². The summed E-state index contributed by atoms with van der Waals surface area (Å²) in [6.45, 7) is 1.53. The molecule has 0 aromatic carbocycles. The topological polar surface area (TPSA) is 69.2 Å². The van der Waals surface area contributed by atoms with Gasteiger partial charge in [-0.25, -0.2) is 0 Å². The predicted octanol–water partition coefficient (Wildman–Crippen LogP) is -3.94. The van der Waals surface area contributed by atoms with Gasteiger partial charge in [-0.1, -0.05) is 0 Å². The molecule has 0 spiro atoms. The summed E-state index contributed by atoms with van der Waals surface area (Å²) in [7, 11) is 0. The molecule has 0 radical (unpaired) electrons. The Labute approximate surface area is 99.7 Å². The number of carboxylic acid groups (broad SMARTS) is 1. The van der Waals surface area contributed by atoms with Crippen LogP contribution in [-0.4, -0.2) is 29.3 Å². The Morgan fingerprint density at radius 1 is 1.53 bits per heavy atom. The van der Waals surface area contributed by atoms with Crippen LogP contribution in [0.4, 0.5) is 5.69 Å². The molecule has 0 atom stereocenters. The van der Waals surface area contributed by atoms with E-state index in [1.54, 1.807) is 12.4 Å². The molecule has 0 aliphatic carbocycles. The monoisotopic (exact) mass is 199 g/mol. The molecule has 1 aliphatic heterocycles. The van der Waals surface area contributed by atoms with Crippen molar-refractivity contribution in [1.82, 2.24) is 10.2 Å². The number of rotatable bonds is 3. The Kier molecular flexibility index (Phi) is 4.12. The summed E-state index contributed by atoms with van der Waals surface area (Å²) in [5.74, 6) is -0.754. The second-order valence-corrected chi connectivity index (χ2v) is 3.45. The molecule has 0 unspecified atom stereocenters. The molecule has 0 amide bonds. The number of nitrogens with zero attached hydrogens (tertiary/aromatic N) is 3. The van der Waals surface area contributed by atoms with Crippen LogP contribution in [0.15, 0.2) is 18.5 Å². The van der Waals surface area contributed by atoms with Crippen molar-refractivity contribution in [2.45, 2.75) is 6.42 Å². The van der Waals surface area contributed by atoms with E-state index in [1.165, 1.54) is 0 Å². The number of hydrogen-bond donors (Lipinski definition) is 0. The van der Waals surface area contributed by atoms with Gasteiger partial charge in [-0.05, 0) is 18.4 Å². The number of aromatic nitrogens is 2. The minimum absolute atomic E-state index is 0. The van der Waals surface area contributed by atoms with E-state index in [9.17, 15) is 9.90 Å². The fourth-order valence-electron chi connectivity index (χ4n) is 1.62. The summed E-state index contributed by atoms with van der Waals surface area (Å²) in [5, 5.41) is 17.7. The summed E-state index contributed by atoms with van der Waals surface area (Å²) in [6, 6.07) is 1.86. The number of aliphatic carboxylic acids is 1. The third-order valence-electron chi connectivity index (χ3n) is 2.35. The first-order valence-electron chi connectivity index (χ1n) is 4.47. The molecule has 0 saturated carbocycles. The first-order valence-corrected chi connectivity index (χ1v) is 4.47. The average Bonchev–Trinajstić information content (AvgIpc) is 2.12. The van der Waals surface area contributed by atoms with E-state index in [-0.39, 0.29) is 31.2 Å². The number of hydrogen-bond acceptors (Lipinski definition) is 5. The van der Waals surface area contributed by atoms with Gasteiger partial charge in [-0.3, -0.25) is 0 Å². The molecule has 1 aromatic heterocycles. The zero-order valence-corrected chi connectivity index (χ0v) is 8.59. The van der Waals surface area contributed by atoms with Crippen LogP contribution < -0.4 is 28.9 Å². The van der Waals surface area contributed by atoms with E-state index in [0.717, 1.165) is 18.8 Å². The van der Waals surface area contributed by atoms with Gasteiger partial charge >= 0.3 is 18.9 Å². The first-order chi connectivity index (χ1) is 6.75. The van der Waals surface area contributed by atoms with Crippen molar-refractivity contribution in [2.24, 2.45) is 5.92 Å². The van der Waals surface area contributed by atoms with E-state index >= 15 is 0 Å². The maximum atomic E-state index is 10.3. The quantitative estimate of drug-likeness (QED) is 0.465. The largest absolute Gasteiger partial charge is 1.00 e. The van der Waals surface area contributed by atoms with Gasteiger partial charge in [-0.15, -0.1) is 0 Å². The van der Waals surface area contributed by atoms with Crippen LogP contribution in [0.25, 0.3) is 0 Å². The Morgan fingerprint density at radius 2 is 2.27 bits per heavy atom. The van der Waals surface area contributed by atoms with Crippen molar-refractivity contribution >= 4 is 11.7 Å². The third-order valence-corrected chi connectivity index (χ3v) is 2.35. The van der Waals surface area contributed by atoms with Crippen molar-refractivity contribution < 1.29 is 28.8 Å². The normalized spacial score (nSPS) is 15.3. The SMILES string of the molecule is O=C([O-])CC1CN(c2ccnnc2)C1.[Li+]. The van der Waals surface area contributed by atoms with E-state index in [0.29, 0.717) is 0 Å². The number of carbonyl (C=O) groups excluding carboxylic acids is 1. The number of carbonyl (C=O) groups is 1. The van der Waals surface area contributed by atoms with Crippen LogP contribution in [0, 0.1) is 5.92 Å². The Bertz CT molecular complexity index is 327. The molecule has 5 nitrogen and oxygen atoms in total. The minimum atomic E-state index is -0.970. The van der Waals surface area contributed by atoms with E-state index in [2.05, 4.69) is 15.1 Å². The van der Waals surface area contributed by atoms with Crippen molar-refractivity contribution in [3.8, 4) is 0 Å². The fourth-order valence-corrected chi connectivity index (χ4v) is 1.62. The van der Waals surface area contributed by atoms with Crippen molar-refractivity contribution in [2.75, 3.05) is 18.0 Å². The van der Waals surface area contributed by atoms with Crippen molar-refractivity contribution in [3.63, 3.8) is 0 Å². The standard InChI is InChI=1S/C9H11N3O2.Li/c13-9(14)3-7-5-12(6-7)8-1-2-10-11-4-8;/h1-2,4,7H,3,5-6H2,(H,13,14);/q;+1/p-1. The second-order valence-electron chi connectivity index (χ2n) is 3.45. The molecule has 0 bridgehead atoms. The first kappa shape index (κ1) is 12.0. The zero-order valence-electron chi connectivity index (χ0n) is 8.59. The maximum absolute atomic E-state index is 10.3. The zero-order chi connectivity index (χ0) is 9.97. The van der Waals surface area contributed by atoms with E-state index in [1.807, 2.05) is 6.07 Å². The molecular weight excluding hydrogens is 189 g/mol. The Hall–Kier alpha value is -1.05. The van der Waals surface area contributed by atoms with Crippen molar-refractivity contribution in [3.05, 3.63) is 18.5 Å². The van der Waals surface area contributed by atoms with Gasteiger partial charge in [-0.2, -0.15) is 10.2 Å². The Balaban J connectivity index is 0.00000112. The molecule has 15 heavy (non-hydrogen) atoms. The van der Waals surface area contributed by atoms with Gasteiger partial charge in [0.1, 0.15) is 0 Å². The molecule has 2 rings (SSSR count). The van der Waals surface area contributed by atoms with Crippen LogP contribution in [0.3, 0.4) is 0 Å². The molecule has 0 N–H and O–H groups in total. The van der Waals surface area contributed by atoms with Gasteiger partial charge in [0.2, 0.25) is 0 Å². The van der Waals surface area contributed by atoms with Gasteiger partial charge in [0, 0.05) is 19.1 Å². The number of anilines is 1. The van der Waals surface area contributed by atoms with Gasteiger partial charge < -0.3 is 14.8 Å². The summed E-state index contributed by atoms with van der Waals surface area (Å²) >= 11 is 0. The van der Waals surface area contributed by atoms with E-state index < -0.39 is 5.97 Å². The molecule has 1 aliphatic rings. The molecular formula is C9H10LiN3O2. The summed E-state index contributed by atoms with van der Waals surface area (Å²) in [4.78, 5) is 12.4. The molecule has 1 fully saturated rings. The van der Waals surface area contributed by atoms with Gasteiger partial charge in [0.25, 0.3) is 0 Å². The van der Waals surface area contributed by atoms with Gasteiger partial charge in [0.05, 0.1) is 18.1 Å². The summed E-state index contributed by atoms with van der Waals surface area (Å²) < 4.78 is 0. The van der Waals surface area contributed by atoms with Crippen LogP contribution in [0.1, 0.15) is 6.42 Å². The van der Waals surface area contributed by atoms with Crippen LogP contribution in [-0.2, 0) is 4.79 Å². The summed E-state index contributed by atoms with van der Waals surface area (Å²) in [5.41, 5.74) is 0.995. The van der Waals surface area contributed by atoms with E-state index in [4.69, 9.17) is 0 Å². The average molecular weight is 199 g/mol.